The van der Waals surface area contributed by atoms with Crippen LogP contribution in [0.5, 0.6) is 11.5 Å². The van der Waals surface area contributed by atoms with Crippen LogP contribution in [0, 0.1) is 6.92 Å². The lowest BCUT2D eigenvalue weighted by molar-refractivity contribution is -0.0511. The number of aromatic nitrogens is 2. The van der Waals surface area contributed by atoms with E-state index in [-0.39, 0.29) is 23.3 Å². The van der Waals surface area contributed by atoms with E-state index >= 15 is 0 Å². The molecule has 9 heteroatoms. The lowest BCUT2D eigenvalue weighted by Crippen LogP contribution is -2.14. The van der Waals surface area contributed by atoms with Crippen molar-refractivity contribution in [1.29, 1.82) is 0 Å². The molecular formula is C22H20ClF2N3O3. The van der Waals surface area contributed by atoms with E-state index in [0.717, 1.165) is 29.8 Å². The van der Waals surface area contributed by atoms with Crippen LogP contribution in [0.25, 0.3) is 5.69 Å². The summed E-state index contributed by atoms with van der Waals surface area (Å²) in [5, 5.41) is 7.77. The third kappa shape index (κ3) is 4.49. The van der Waals surface area contributed by atoms with Gasteiger partial charge in [-0.25, -0.2) is 4.68 Å². The SMILES string of the molecule is COc1ccc(NC(=O)c2cnn(-c3ccc(C)c(Cl)c3)c2C2CC2)cc1OC(F)F. The average molecular weight is 448 g/mol. The summed E-state index contributed by atoms with van der Waals surface area (Å²) in [6, 6.07) is 9.92. The van der Waals surface area contributed by atoms with Crippen molar-refractivity contribution < 1.29 is 23.0 Å². The number of benzene rings is 2. The topological polar surface area (TPSA) is 65.4 Å². The van der Waals surface area contributed by atoms with Crippen LogP contribution in [-0.2, 0) is 0 Å². The number of anilines is 1. The first-order valence-electron chi connectivity index (χ1n) is 9.66. The lowest BCUT2D eigenvalue weighted by atomic mass is 10.1. The summed E-state index contributed by atoms with van der Waals surface area (Å²) in [6.45, 7) is -1.10. The van der Waals surface area contributed by atoms with Gasteiger partial charge in [-0.3, -0.25) is 4.79 Å². The molecule has 0 spiro atoms. The van der Waals surface area contributed by atoms with E-state index in [2.05, 4.69) is 15.2 Å². The highest BCUT2D eigenvalue weighted by molar-refractivity contribution is 6.31. The fourth-order valence-electron chi connectivity index (χ4n) is 3.34. The average Bonchev–Trinajstić information content (AvgIpc) is 3.47. The summed E-state index contributed by atoms with van der Waals surface area (Å²) in [6.07, 6.45) is 3.43. The fraction of sp³-hybridized carbons (Fsp3) is 0.273. The number of nitrogens with one attached hydrogen (secondary N) is 1. The van der Waals surface area contributed by atoms with Crippen molar-refractivity contribution in [2.45, 2.75) is 32.3 Å². The predicted molar refractivity (Wildman–Crippen MR) is 113 cm³/mol. The Morgan fingerprint density at radius 3 is 2.65 bits per heavy atom. The predicted octanol–water partition coefficient (Wildman–Crippen LogP) is 5.57. The first-order chi connectivity index (χ1) is 14.9. The van der Waals surface area contributed by atoms with Gasteiger partial charge in [0.05, 0.1) is 30.3 Å². The second-order valence-corrected chi connectivity index (χ2v) is 7.67. The summed E-state index contributed by atoms with van der Waals surface area (Å²) in [4.78, 5) is 13.0. The first kappa shape index (κ1) is 21.1. The van der Waals surface area contributed by atoms with Gasteiger partial charge in [0.1, 0.15) is 0 Å². The van der Waals surface area contributed by atoms with Crippen LogP contribution in [0.1, 0.15) is 40.4 Å². The molecule has 0 unspecified atom stereocenters. The van der Waals surface area contributed by atoms with Gasteiger partial charge in [0.2, 0.25) is 0 Å². The van der Waals surface area contributed by atoms with Gasteiger partial charge in [-0.1, -0.05) is 17.7 Å². The maximum absolute atomic E-state index is 13.0. The molecule has 3 aromatic rings. The minimum absolute atomic E-state index is 0.140. The van der Waals surface area contributed by atoms with Crippen molar-refractivity contribution in [3.63, 3.8) is 0 Å². The van der Waals surface area contributed by atoms with Crippen molar-refractivity contribution in [2.24, 2.45) is 0 Å². The summed E-state index contributed by atoms with van der Waals surface area (Å²) in [7, 11) is 1.35. The summed E-state index contributed by atoms with van der Waals surface area (Å²) in [5.41, 5.74) is 3.24. The zero-order valence-electron chi connectivity index (χ0n) is 16.9. The van der Waals surface area contributed by atoms with Crippen LogP contribution in [0.2, 0.25) is 5.02 Å². The number of amides is 1. The highest BCUT2D eigenvalue weighted by Gasteiger charge is 2.33. The standard InChI is InChI=1S/C22H20ClF2N3O3/c1-12-3-7-15(10-17(12)23)28-20(13-4-5-13)16(11-26-28)21(29)27-14-6-8-18(30-2)19(9-14)31-22(24)25/h3,6-11,13,22H,4-5H2,1-2H3,(H,27,29). The van der Waals surface area contributed by atoms with E-state index in [4.69, 9.17) is 16.3 Å². The van der Waals surface area contributed by atoms with Gasteiger partial charge in [0.25, 0.3) is 5.91 Å². The molecule has 162 valence electrons. The molecule has 1 saturated carbocycles. The Morgan fingerprint density at radius 2 is 2.00 bits per heavy atom. The summed E-state index contributed by atoms with van der Waals surface area (Å²) < 4.78 is 36.6. The van der Waals surface area contributed by atoms with Crippen molar-refractivity contribution in [3.8, 4) is 17.2 Å². The number of nitrogens with zero attached hydrogens (tertiary/aromatic N) is 2. The Balaban J connectivity index is 1.64. The fourth-order valence-corrected chi connectivity index (χ4v) is 3.52. The first-order valence-corrected chi connectivity index (χ1v) is 10.0. The zero-order chi connectivity index (χ0) is 22.1. The number of rotatable bonds is 7. The normalized spacial score (nSPS) is 13.4. The minimum atomic E-state index is -3.01. The maximum atomic E-state index is 13.0. The van der Waals surface area contributed by atoms with E-state index < -0.39 is 6.61 Å². The van der Waals surface area contributed by atoms with E-state index in [1.807, 2.05) is 25.1 Å². The quantitative estimate of drug-likeness (QED) is 0.514. The Hall–Kier alpha value is -3.13. The molecule has 1 fully saturated rings. The number of hydrogen-bond donors (Lipinski definition) is 1. The molecule has 6 nitrogen and oxygen atoms in total. The molecule has 0 radical (unpaired) electrons. The molecule has 0 aliphatic heterocycles. The van der Waals surface area contributed by atoms with Gasteiger partial charge < -0.3 is 14.8 Å². The molecule has 0 bridgehead atoms. The second-order valence-electron chi connectivity index (χ2n) is 7.26. The van der Waals surface area contributed by atoms with E-state index in [9.17, 15) is 13.6 Å². The highest BCUT2D eigenvalue weighted by Crippen LogP contribution is 2.43. The van der Waals surface area contributed by atoms with Crippen LogP contribution in [-0.4, -0.2) is 29.4 Å². The smallest absolute Gasteiger partial charge is 0.387 e. The number of alkyl halides is 2. The lowest BCUT2D eigenvalue weighted by Gasteiger charge is -2.13. The maximum Gasteiger partial charge on any atom is 0.387 e. The number of hydrogen-bond acceptors (Lipinski definition) is 4. The highest BCUT2D eigenvalue weighted by atomic mass is 35.5. The number of carbonyl (C=O) groups excluding carboxylic acids is 1. The third-order valence-corrected chi connectivity index (χ3v) is 5.46. The van der Waals surface area contributed by atoms with Gasteiger partial charge in [-0.05, 0) is 49.6 Å². The van der Waals surface area contributed by atoms with Gasteiger partial charge in [0.15, 0.2) is 11.5 Å². The van der Waals surface area contributed by atoms with Crippen molar-refractivity contribution in [1.82, 2.24) is 9.78 Å². The van der Waals surface area contributed by atoms with Crippen LogP contribution in [0.3, 0.4) is 0 Å². The number of ether oxygens (including phenoxy) is 2. The van der Waals surface area contributed by atoms with Crippen LogP contribution >= 0.6 is 11.6 Å². The number of carbonyl (C=O) groups is 1. The van der Waals surface area contributed by atoms with Gasteiger partial charge in [0, 0.05) is 22.7 Å². The van der Waals surface area contributed by atoms with Gasteiger partial charge in [-0.2, -0.15) is 13.9 Å². The molecule has 2 aromatic carbocycles. The molecule has 1 amide bonds. The van der Waals surface area contributed by atoms with Gasteiger partial charge in [-0.15, -0.1) is 0 Å². The molecule has 1 N–H and O–H groups in total. The number of methoxy groups -OCH3 is 1. The van der Waals surface area contributed by atoms with Crippen molar-refractivity contribution >= 4 is 23.2 Å². The molecule has 0 saturated heterocycles. The second kappa shape index (κ2) is 8.55. The Bertz CT molecular complexity index is 1130. The molecule has 1 aliphatic rings. The van der Waals surface area contributed by atoms with E-state index in [0.29, 0.717) is 16.3 Å². The van der Waals surface area contributed by atoms with Crippen LogP contribution in [0.15, 0.2) is 42.6 Å². The molecule has 1 aliphatic carbocycles. The number of halogens is 3. The largest absolute Gasteiger partial charge is 0.493 e. The summed E-state index contributed by atoms with van der Waals surface area (Å²) >= 11 is 6.27. The molecular weight excluding hydrogens is 428 g/mol. The summed E-state index contributed by atoms with van der Waals surface area (Å²) in [5.74, 6) is -0.194. The van der Waals surface area contributed by atoms with Crippen LogP contribution < -0.4 is 14.8 Å². The molecule has 31 heavy (non-hydrogen) atoms. The minimum Gasteiger partial charge on any atom is -0.493 e. The Labute approximate surface area is 182 Å². The Morgan fingerprint density at radius 1 is 1.23 bits per heavy atom. The van der Waals surface area contributed by atoms with E-state index in [1.165, 1.54) is 25.4 Å². The Kier molecular flexibility index (Phi) is 5.82. The van der Waals surface area contributed by atoms with E-state index in [1.54, 1.807) is 10.7 Å². The van der Waals surface area contributed by atoms with Crippen LogP contribution in [0.4, 0.5) is 14.5 Å². The zero-order valence-corrected chi connectivity index (χ0v) is 17.6. The monoisotopic (exact) mass is 447 g/mol. The van der Waals surface area contributed by atoms with Crippen molar-refractivity contribution in [3.05, 3.63) is 64.4 Å². The molecule has 1 heterocycles. The van der Waals surface area contributed by atoms with Gasteiger partial charge >= 0.3 is 6.61 Å². The molecule has 0 atom stereocenters. The molecule has 4 rings (SSSR count). The third-order valence-electron chi connectivity index (χ3n) is 5.05. The number of aryl methyl sites for hydroxylation is 1. The molecule has 1 aromatic heterocycles. The van der Waals surface area contributed by atoms with Crippen molar-refractivity contribution in [2.75, 3.05) is 12.4 Å².